The Kier molecular flexibility index (Phi) is 3.44. The number of carbonyl (C=O) groups is 1. The number of esters is 1. The van der Waals surface area contributed by atoms with Gasteiger partial charge in [-0.25, -0.2) is 9.18 Å². The molecule has 1 N–H and O–H groups in total. The Morgan fingerprint density at radius 2 is 1.95 bits per heavy atom. The number of nitrogens with one attached hydrogen (secondary N) is 1. The van der Waals surface area contributed by atoms with Crippen molar-refractivity contribution in [3.8, 4) is 11.1 Å². The number of carbonyl (C=O) groups excluding carboxylic acids is 1. The SMILES string of the molecule is CCOC(=O)c1cc2cccc(-c3ccc(F)cc3)c2[nH]1. The molecule has 0 aliphatic carbocycles. The second-order valence-corrected chi connectivity index (χ2v) is 4.68. The summed E-state index contributed by atoms with van der Waals surface area (Å²) in [6.45, 7) is 2.10. The first-order chi connectivity index (χ1) is 10.2. The molecule has 1 heterocycles. The summed E-state index contributed by atoms with van der Waals surface area (Å²) >= 11 is 0. The second-order valence-electron chi connectivity index (χ2n) is 4.68. The zero-order valence-corrected chi connectivity index (χ0v) is 11.5. The van der Waals surface area contributed by atoms with Crippen molar-refractivity contribution in [2.24, 2.45) is 0 Å². The van der Waals surface area contributed by atoms with Gasteiger partial charge in [0.1, 0.15) is 11.5 Å². The number of halogens is 1. The molecule has 3 aromatic rings. The van der Waals surface area contributed by atoms with Crippen LogP contribution in [0.5, 0.6) is 0 Å². The molecule has 3 rings (SSSR count). The van der Waals surface area contributed by atoms with Gasteiger partial charge < -0.3 is 9.72 Å². The van der Waals surface area contributed by atoms with Crippen molar-refractivity contribution in [1.29, 1.82) is 0 Å². The maximum absolute atomic E-state index is 13.0. The summed E-state index contributed by atoms with van der Waals surface area (Å²) in [4.78, 5) is 14.9. The summed E-state index contributed by atoms with van der Waals surface area (Å²) < 4.78 is 18.0. The molecular formula is C17H14FNO2. The van der Waals surface area contributed by atoms with Crippen LogP contribution in [0.3, 0.4) is 0 Å². The Hall–Kier alpha value is -2.62. The van der Waals surface area contributed by atoms with Crippen LogP contribution in [0.15, 0.2) is 48.5 Å². The van der Waals surface area contributed by atoms with E-state index in [9.17, 15) is 9.18 Å². The number of aromatic nitrogens is 1. The lowest BCUT2D eigenvalue weighted by molar-refractivity contribution is 0.0520. The number of ether oxygens (including phenoxy) is 1. The predicted octanol–water partition coefficient (Wildman–Crippen LogP) is 4.15. The molecule has 0 saturated heterocycles. The van der Waals surface area contributed by atoms with Gasteiger partial charge in [0.05, 0.1) is 12.1 Å². The van der Waals surface area contributed by atoms with Crippen molar-refractivity contribution in [3.05, 3.63) is 60.0 Å². The van der Waals surface area contributed by atoms with Gasteiger partial charge in [0.2, 0.25) is 0 Å². The van der Waals surface area contributed by atoms with Crippen molar-refractivity contribution in [1.82, 2.24) is 4.98 Å². The van der Waals surface area contributed by atoms with Gasteiger partial charge in [-0.3, -0.25) is 0 Å². The number of aromatic amines is 1. The van der Waals surface area contributed by atoms with E-state index in [1.54, 1.807) is 25.1 Å². The highest BCUT2D eigenvalue weighted by molar-refractivity contribution is 6.00. The van der Waals surface area contributed by atoms with Gasteiger partial charge in [-0.15, -0.1) is 0 Å². The number of benzene rings is 2. The normalized spacial score (nSPS) is 10.8. The third-order valence-electron chi connectivity index (χ3n) is 3.31. The highest BCUT2D eigenvalue weighted by Gasteiger charge is 2.13. The standard InChI is InChI=1S/C17H14FNO2/c1-2-21-17(20)15-10-12-4-3-5-14(16(12)19-15)11-6-8-13(18)9-7-11/h3-10,19H,2H2,1H3. The number of hydrogen-bond donors (Lipinski definition) is 1. The Balaban J connectivity index is 2.11. The second kappa shape index (κ2) is 5.40. The molecule has 2 aromatic carbocycles. The minimum Gasteiger partial charge on any atom is -0.461 e. The number of H-pyrrole nitrogens is 1. The average molecular weight is 283 g/mol. The molecule has 0 aliphatic rings. The molecule has 0 bridgehead atoms. The molecule has 0 amide bonds. The van der Waals surface area contributed by atoms with Crippen molar-refractivity contribution in [2.75, 3.05) is 6.61 Å². The summed E-state index contributed by atoms with van der Waals surface area (Å²) in [6, 6.07) is 13.8. The highest BCUT2D eigenvalue weighted by atomic mass is 19.1. The summed E-state index contributed by atoms with van der Waals surface area (Å²) in [6.07, 6.45) is 0. The van der Waals surface area contributed by atoms with Crippen LogP contribution in [0.2, 0.25) is 0 Å². The molecule has 4 heteroatoms. The first kappa shape index (κ1) is 13.4. The zero-order valence-electron chi connectivity index (χ0n) is 11.5. The smallest absolute Gasteiger partial charge is 0.354 e. The highest BCUT2D eigenvalue weighted by Crippen LogP contribution is 2.29. The molecule has 0 radical (unpaired) electrons. The van der Waals surface area contributed by atoms with E-state index in [0.717, 1.165) is 22.0 Å². The summed E-state index contributed by atoms with van der Waals surface area (Å²) in [5.74, 6) is -0.650. The Labute approximate surface area is 121 Å². The number of rotatable bonds is 3. The fourth-order valence-electron chi connectivity index (χ4n) is 2.35. The minimum absolute atomic E-state index is 0.273. The van der Waals surface area contributed by atoms with Crippen molar-refractivity contribution < 1.29 is 13.9 Å². The van der Waals surface area contributed by atoms with Gasteiger partial charge in [-0.1, -0.05) is 30.3 Å². The van der Waals surface area contributed by atoms with Crippen LogP contribution in [-0.2, 0) is 4.74 Å². The summed E-state index contributed by atoms with van der Waals surface area (Å²) in [5, 5.41) is 0.917. The topological polar surface area (TPSA) is 42.1 Å². The molecular weight excluding hydrogens is 269 g/mol. The number of para-hydroxylation sites is 1. The molecule has 21 heavy (non-hydrogen) atoms. The zero-order chi connectivity index (χ0) is 14.8. The maximum Gasteiger partial charge on any atom is 0.354 e. The molecule has 0 fully saturated rings. The fourth-order valence-corrected chi connectivity index (χ4v) is 2.35. The average Bonchev–Trinajstić information content (AvgIpc) is 2.92. The van der Waals surface area contributed by atoms with E-state index in [0.29, 0.717) is 12.3 Å². The largest absolute Gasteiger partial charge is 0.461 e. The lowest BCUT2D eigenvalue weighted by Crippen LogP contribution is -2.04. The van der Waals surface area contributed by atoms with Crippen molar-refractivity contribution in [2.45, 2.75) is 6.92 Å². The van der Waals surface area contributed by atoms with Gasteiger partial charge in [0.15, 0.2) is 0 Å². The third-order valence-corrected chi connectivity index (χ3v) is 3.31. The monoisotopic (exact) mass is 283 g/mol. The number of fused-ring (bicyclic) bond motifs is 1. The Morgan fingerprint density at radius 3 is 2.67 bits per heavy atom. The Morgan fingerprint density at radius 1 is 1.19 bits per heavy atom. The van der Waals surface area contributed by atoms with E-state index in [4.69, 9.17) is 4.74 Å². The fraction of sp³-hybridized carbons (Fsp3) is 0.118. The van der Waals surface area contributed by atoms with E-state index < -0.39 is 0 Å². The van der Waals surface area contributed by atoms with Crippen LogP contribution in [0.1, 0.15) is 17.4 Å². The van der Waals surface area contributed by atoms with Gasteiger partial charge in [-0.2, -0.15) is 0 Å². The van der Waals surface area contributed by atoms with Crippen molar-refractivity contribution in [3.63, 3.8) is 0 Å². The maximum atomic E-state index is 13.0. The third kappa shape index (κ3) is 2.52. The molecule has 0 aliphatic heterocycles. The quantitative estimate of drug-likeness (QED) is 0.734. The van der Waals surface area contributed by atoms with Gasteiger partial charge in [0, 0.05) is 10.9 Å². The van der Waals surface area contributed by atoms with Crippen LogP contribution >= 0.6 is 0 Å². The molecule has 0 atom stereocenters. The van der Waals surface area contributed by atoms with Gasteiger partial charge in [0.25, 0.3) is 0 Å². The van der Waals surface area contributed by atoms with E-state index in [1.807, 2.05) is 18.2 Å². The first-order valence-electron chi connectivity index (χ1n) is 6.74. The van der Waals surface area contributed by atoms with Gasteiger partial charge in [-0.05, 0) is 30.7 Å². The molecule has 0 spiro atoms. The van der Waals surface area contributed by atoms with Gasteiger partial charge >= 0.3 is 5.97 Å². The first-order valence-corrected chi connectivity index (χ1v) is 6.74. The van der Waals surface area contributed by atoms with Crippen LogP contribution in [0.4, 0.5) is 4.39 Å². The lowest BCUT2D eigenvalue weighted by Gasteiger charge is -2.03. The molecule has 3 nitrogen and oxygen atoms in total. The van der Waals surface area contributed by atoms with Crippen LogP contribution in [0.25, 0.3) is 22.0 Å². The van der Waals surface area contributed by atoms with Crippen molar-refractivity contribution >= 4 is 16.9 Å². The minimum atomic E-state index is -0.376. The van der Waals surface area contributed by atoms with Crippen LogP contribution in [-0.4, -0.2) is 17.6 Å². The van der Waals surface area contributed by atoms with Crippen LogP contribution < -0.4 is 0 Å². The van der Waals surface area contributed by atoms with E-state index in [1.165, 1.54) is 12.1 Å². The van der Waals surface area contributed by atoms with E-state index in [2.05, 4.69) is 4.98 Å². The molecule has 0 saturated carbocycles. The summed E-state index contributed by atoms with van der Waals surface area (Å²) in [7, 11) is 0. The molecule has 0 unspecified atom stereocenters. The van der Waals surface area contributed by atoms with Crippen LogP contribution in [0, 0.1) is 5.82 Å². The molecule has 106 valence electrons. The predicted molar refractivity (Wildman–Crippen MR) is 79.6 cm³/mol. The summed E-state index contributed by atoms with van der Waals surface area (Å²) in [5.41, 5.74) is 3.07. The molecule has 1 aromatic heterocycles. The lowest BCUT2D eigenvalue weighted by atomic mass is 10.0. The Bertz CT molecular complexity index is 790. The number of hydrogen-bond acceptors (Lipinski definition) is 2. The van der Waals surface area contributed by atoms with E-state index in [-0.39, 0.29) is 11.8 Å². The van der Waals surface area contributed by atoms with E-state index >= 15 is 0 Å².